The Kier molecular flexibility index (Phi) is 4.98. The summed E-state index contributed by atoms with van der Waals surface area (Å²) in [6, 6.07) is 6.51. The van der Waals surface area contributed by atoms with E-state index in [-0.39, 0.29) is 6.03 Å². The van der Waals surface area contributed by atoms with Gasteiger partial charge < -0.3 is 16.0 Å². The number of carbonyl (C=O) groups excluding carboxylic acids is 1. The van der Waals surface area contributed by atoms with Crippen LogP contribution < -0.4 is 16.0 Å². The molecule has 0 atom stereocenters. The van der Waals surface area contributed by atoms with Crippen LogP contribution in [0.5, 0.6) is 0 Å². The van der Waals surface area contributed by atoms with Gasteiger partial charge in [0.1, 0.15) is 0 Å². The number of fused-ring (bicyclic) bond motifs is 1. The molecule has 1 aliphatic carbocycles. The molecular weight excluding hydrogens is 274 g/mol. The highest BCUT2D eigenvalue weighted by Gasteiger charge is 2.21. The summed E-state index contributed by atoms with van der Waals surface area (Å²) in [5, 5.41) is 9.48. The van der Waals surface area contributed by atoms with Crippen LogP contribution in [-0.2, 0) is 13.0 Å². The summed E-state index contributed by atoms with van der Waals surface area (Å²) in [6.07, 6.45) is 7.04. The molecule has 22 heavy (non-hydrogen) atoms. The zero-order chi connectivity index (χ0) is 15.4. The van der Waals surface area contributed by atoms with E-state index in [1.54, 1.807) is 0 Å². The van der Waals surface area contributed by atoms with Crippen molar-refractivity contribution in [1.82, 2.24) is 10.6 Å². The van der Waals surface area contributed by atoms with E-state index in [0.717, 1.165) is 44.0 Å². The van der Waals surface area contributed by atoms with Gasteiger partial charge in [0.05, 0.1) is 0 Å². The number of anilines is 1. The molecule has 2 aliphatic rings. The lowest BCUT2D eigenvalue weighted by Crippen LogP contribution is -2.40. The fourth-order valence-corrected chi connectivity index (χ4v) is 3.63. The van der Waals surface area contributed by atoms with Crippen molar-refractivity contribution in [2.45, 2.75) is 58.0 Å². The van der Waals surface area contributed by atoms with Crippen molar-refractivity contribution in [3.05, 3.63) is 29.3 Å². The Bertz CT molecular complexity index is 521. The fraction of sp³-hybridized carbons (Fsp3) is 0.611. The molecule has 2 amide bonds. The second-order valence-corrected chi connectivity index (χ2v) is 6.63. The van der Waals surface area contributed by atoms with E-state index in [4.69, 9.17) is 0 Å². The first kappa shape index (κ1) is 15.3. The maximum Gasteiger partial charge on any atom is 0.319 e. The second-order valence-electron chi connectivity index (χ2n) is 6.63. The van der Waals surface area contributed by atoms with E-state index in [2.05, 4.69) is 35.0 Å². The number of urea groups is 1. The highest BCUT2D eigenvalue weighted by molar-refractivity contribution is 5.89. The molecule has 4 heteroatoms. The standard InChI is InChI=1S/C18H27N3O/c1-2-13-3-6-16(7-4-13)20-18(22)21-17-8-5-14-9-10-19-12-15(14)11-17/h5,8,11,13,16,19H,2-4,6-7,9-10,12H2,1H3,(H2,20,21,22). The van der Waals surface area contributed by atoms with Gasteiger partial charge in [0.25, 0.3) is 0 Å². The molecule has 1 aliphatic heterocycles. The van der Waals surface area contributed by atoms with Gasteiger partial charge in [0, 0.05) is 18.3 Å². The summed E-state index contributed by atoms with van der Waals surface area (Å²) >= 11 is 0. The summed E-state index contributed by atoms with van der Waals surface area (Å²) in [4.78, 5) is 12.2. The van der Waals surface area contributed by atoms with E-state index in [1.807, 2.05) is 6.07 Å². The van der Waals surface area contributed by atoms with Crippen molar-refractivity contribution in [1.29, 1.82) is 0 Å². The fourth-order valence-electron chi connectivity index (χ4n) is 3.63. The van der Waals surface area contributed by atoms with Crippen LogP contribution in [0.4, 0.5) is 10.5 Å². The third-order valence-electron chi connectivity index (χ3n) is 5.11. The minimum Gasteiger partial charge on any atom is -0.335 e. The van der Waals surface area contributed by atoms with Crippen LogP contribution in [0.1, 0.15) is 50.2 Å². The molecule has 3 N–H and O–H groups in total. The number of hydrogen-bond donors (Lipinski definition) is 3. The number of benzene rings is 1. The first-order chi connectivity index (χ1) is 10.7. The second kappa shape index (κ2) is 7.14. The van der Waals surface area contributed by atoms with E-state index in [1.165, 1.54) is 30.4 Å². The number of hydrogen-bond acceptors (Lipinski definition) is 2. The SMILES string of the molecule is CCC1CCC(NC(=O)Nc2ccc3c(c2)CNCC3)CC1. The smallest absolute Gasteiger partial charge is 0.319 e. The molecule has 4 nitrogen and oxygen atoms in total. The predicted octanol–water partition coefficient (Wildman–Crippen LogP) is 3.42. The van der Waals surface area contributed by atoms with Crippen molar-refractivity contribution in [3.63, 3.8) is 0 Å². The minimum absolute atomic E-state index is 0.0660. The van der Waals surface area contributed by atoms with Crippen molar-refractivity contribution in [3.8, 4) is 0 Å². The lowest BCUT2D eigenvalue weighted by Gasteiger charge is -2.28. The molecular formula is C18H27N3O. The van der Waals surface area contributed by atoms with Gasteiger partial charge in [0.15, 0.2) is 0 Å². The number of nitrogens with one attached hydrogen (secondary N) is 3. The molecule has 0 unspecified atom stereocenters. The number of rotatable bonds is 3. The zero-order valence-corrected chi connectivity index (χ0v) is 13.5. The van der Waals surface area contributed by atoms with Gasteiger partial charge in [-0.05, 0) is 67.8 Å². The first-order valence-electron chi connectivity index (χ1n) is 8.64. The van der Waals surface area contributed by atoms with E-state index in [0.29, 0.717) is 6.04 Å². The van der Waals surface area contributed by atoms with E-state index < -0.39 is 0 Å². The van der Waals surface area contributed by atoms with Crippen LogP contribution in [0.25, 0.3) is 0 Å². The Hall–Kier alpha value is -1.55. The minimum atomic E-state index is -0.0660. The molecule has 120 valence electrons. The summed E-state index contributed by atoms with van der Waals surface area (Å²) in [5.74, 6) is 0.856. The third-order valence-corrected chi connectivity index (χ3v) is 5.11. The zero-order valence-electron chi connectivity index (χ0n) is 13.5. The molecule has 0 radical (unpaired) electrons. The molecule has 0 bridgehead atoms. The van der Waals surface area contributed by atoms with Gasteiger partial charge >= 0.3 is 6.03 Å². The molecule has 0 spiro atoms. The van der Waals surface area contributed by atoms with Crippen LogP contribution in [0.2, 0.25) is 0 Å². The van der Waals surface area contributed by atoms with Crippen LogP contribution >= 0.6 is 0 Å². The van der Waals surface area contributed by atoms with E-state index >= 15 is 0 Å². The maximum atomic E-state index is 12.2. The lowest BCUT2D eigenvalue weighted by molar-refractivity contribution is 0.237. The summed E-state index contributed by atoms with van der Waals surface area (Å²) in [6.45, 7) is 4.20. The Morgan fingerprint density at radius 2 is 2.05 bits per heavy atom. The molecule has 1 heterocycles. The number of carbonyl (C=O) groups is 1. The van der Waals surface area contributed by atoms with Crippen molar-refractivity contribution in [2.24, 2.45) is 5.92 Å². The van der Waals surface area contributed by atoms with Crippen LogP contribution in [-0.4, -0.2) is 18.6 Å². The van der Waals surface area contributed by atoms with Gasteiger partial charge in [-0.25, -0.2) is 4.79 Å². The topological polar surface area (TPSA) is 53.2 Å². The quantitative estimate of drug-likeness (QED) is 0.801. The van der Waals surface area contributed by atoms with Crippen molar-refractivity contribution < 1.29 is 4.79 Å². The Morgan fingerprint density at radius 3 is 2.82 bits per heavy atom. The normalized spacial score (nSPS) is 24.4. The van der Waals surface area contributed by atoms with Crippen molar-refractivity contribution >= 4 is 11.7 Å². The largest absolute Gasteiger partial charge is 0.335 e. The average molecular weight is 301 g/mol. The van der Waals surface area contributed by atoms with Gasteiger partial charge in [-0.2, -0.15) is 0 Å². The highest BCUT2D eigenvalue weighted by Crippen LogP contribution is 2.26. The lowest BCUT2D eigenvalue weighted by atomic mass is 9.85. The Balaban J connectivity index is 1.51. The molecule has 1 aromatic rings. The van der Waals surface area contributed by atoms with Gasteiger partial charge in [0.2, 0.25) is 0 Å². The molecule has 0 saturated heterocycles. The highest BCUT2D eigenvalue weighted by atomic mass is 16.2. The van der Waals surface area contributed by atoms with Crippen LogP contribution in [0, 0.1) is 5.92 Å². The number of amides is 2. The van der Waals surface area contributed by atoms with Gasteiger partial charge in [-0.15, -0.1) is 0 Å². The van der Waals surface area contributed by atoms with Gasteiger partial charge in [-0.1, -0.05) is 19.4 Å². The molecule has 1 saturated carbocycles. The summed E-state index contributed by atoms with van der Waals surface area (Å²) in [7, 11) is 0. The van der Waals surface area contributed by atoms with E-state index in [9.17, 15) is 4.79 Å². The molecule has 3 rings (SSSR count). The van der Waals surface area contributed by atoms with Crippen LogP contribution in [0.15, 0.2) is 18.2 Å². The molecule has 0 aromatic heterocycles. The van der Waals surface area contributed by atoms with Crippen molar-refractivity contribution in [2.75, 3.05) is 11.9 Å². The van der Waals surface area contributed by atoms with Crippen LogP contribution in [0.3, 0.4) is 0 Å². The third kappa shape index (κ3) is 3.80. The average Bonchev–Trinajstić information content (AvgIpc) is 2.55. The molecule has 1 aromatic carbocycles. The Morgan fingerprint density at radius 1 is 1.23 bits per heavy atom. The maximum absolute atomic E-state index is 12.2. The first-order valence-corrected chi connectivity index (χ1v) is 8.64. The summed E-state index contributed by atoms with van der Waals surface area (Å²) in [5.41, 5.74) is 3.58. The Labute approximate surface area is 133 Å². The summed E-state index contributed by atoms with van der Waals surface area (Å²) < 4.78 is 0. The predicted molar refractivity (Wildman–Crippen MR) is 90.0 cm³/mol. The monoisotopic (exact) mass is 301 g/mol. The molecule has 1 fully saturated rings. The van der Waals surface area contributed by atoms with Gasteiger partial charge in [-0.3, -0.25) is 0 Å².